The highest BCUT2D eigenvalue weighted by atomic mass is 127. The van der Waals surface area contributed by atoms with E-state index in [9.17, 15) is 4.79 Å². The Bertz CT molecular complexity index is 672. The maximum Gasteiger partial charge on any atom is 0.335 e. The number of thiophene rings is 1. The third kappa shape index (κ3) is 1.94. The molecule has 96 valence electrons. The smallest absolute Gasteiger partial charge is 0.335 e. The highest BCUT2D eigenvalue weighted by molar-refractivity contribution is 14.1. The number of hydrogen-bond acceptors (Lipinski definition) is 3. The van der Waals surface area contributed by atoms with Crippen LogP contribution in [0, 0.1) is 0 Å². The van der Waals surface area contributed by atoms with Gasteiger partial charge in [-0.1, -0.05) is 46.9 Å². The maximum atomic E-state index is 12.0. The van der Waals surface area contributed by atoms with E-state index in [1.54, 1.807) is 11.3 Å². The minimum Gasteiger partial charge on any atom is -0.466 e. The van der Waals surface area contributed by atoms with Crippen LogP contribution in [0.3, 0.4) is 0 Å². The summed E-state index contributed by atoms with van der Waals surface area (Å²) in [5, 5.41) is 2.08. The van der Waals surface area contributed by atoms with Gasteiger partial charge in [0.1, 0.15) is 0 Å². The third-order valence-electron chi connectivity index (χ3n) is 3.37. The van der Waals surface area contributed by atoms with Gasteiger partial charge in [0.2, 0.25) is 0 Å². The Labute approximate surface area is 129 Å². The molecule has 0 saturated heterocycles. The molecule has 1 atom stereocenters. The van der Waals surface area contributed by atoms with E-state index >= 15 is 0 Å². The molecule has 0 aliphatic heterocycles. The summed E-state index contributed by atoms with van der Waals surface area (Å²) < 4.78 is 6.74. The highest BCUT2D eigenvalue weighted by Gasteiger charge is 2.34. The molecular formula is C15H11IO2S. The molecule has 19 heavy (non-hydrogen) atoms. The zero-order valence-electron chi connectivity index (χ0n) is 10.2. The molecule has 0 saturated carbocycles. The number of methoxy groups -OCH3 is 1. The molecule has 0 radical (unpaired) electrons. The van der Waals surface area contributed by atoms with E-state index < -0.39 is 0 Å². The van der Waals surface area contributed by atoms with Crippen LogP contribution in [0.15, 0.2) is 45.4 Å². The van der Waals surface area contributed by atoms with Crippen LogP contribution in [-0.2, 0) is 9.53 Å². The highest BCUT2D eigenvalue weighted by Crippen LogP contribution is 2.50. The molecule has 1 heterocycles. The fraction of sp³-hybridized carbons (Fsp3) is 0.133. The molecule has 0 bridgehead atoms. The number of benzene rings is 1. The second kappa shape index (κ2) is 5.09. The van der Waals surface area contributed by atoms with E-state index in [1.807, 2.05) is 16.2 Å². The first kappa shape index (κ1) is 12.9. The second-order valence-electron chi connectivity index (χ2n) is 4.28. The van der Waals surface area contributed by atoms with E-state index in [4.69, 9.17) is 4.74 Å². The lowest BCUT2D eigenvalue weighted by Crippen LogP contribution is -2.12. The molecule has 4 heteroatoms. The molecule has 1 aromatic carbocycles. The van der Waals surface area contributed by atoms with Crippen molar-refractivity contribution in [3.05, 3.63) is 56.5 Å². The topological polar surface area (TPSA) is 26.3 Å². The van der Waals surface area contributed by atoms with Crippen LogP contribution in [0.4, 0.5) is 0 Å². The van der Waals surface area contributed by atoms with Gasteiger partial charge in [0.25, 0.3) is 0 Å². The van der Waals surface area contributed by atoms with Gasteiger partial charge >= 0.3 is 5.97 Å². The van der Waals surface area contributed by atoms with Crippen LogP contribution >= 0.6 is 33.9 Å². The summed E-state index contributed by atoms with van der Waals surface area (Å²) in [6.07, 6.45) is 0. The number of hydrogen-bond donors (Lipinski definition) is 0. The molecule has 0 amide bonds. The van der Waals surface area contributed by atoms with Crippen molar-refractivity contribution in [1.29, 1.82) is 0 Å². The summed E-state index contributed by atoms with van der Waals surface area (Å²) in [6, 6.07) is 10.4. The second-order valence-corrected chi connectivity index (χ2v) is 5.82. The Hall–Kier alpha value is -1.14. The Morgan fingerprint density at radius 1 is 1.32 bits per heavy atom. The number of fused-ring (bicyclic) bond motifs is 3. The van der Waals surface area contributed by atoms with Crippen molar-refractivity contribution in [1.82, 2.24) is 0 Å². The first-order valence-electron chi connectivity index (χ1n) is 5.83. The molecule has 1 aliphatic rings. The Morgan fingerprint density at radius 2 is 2.11 bits per heavy atom. The molecule has 1 aromatic heterocycles. The Balaban J connectivity index is 2.20. The molecule has 2 nitrogen and oxygen atoms in total. The number of rotatable bonds is 2. The largest absolute Gasteiger partial charge is 0.466 e. The van der Waals surface area contributed by atoms with E-state index in [2.05, 4.69) is 46.2 Å². The summed E-state index contributed by atoms with van der Waals surface area (Å²) in [5.74, 6) is -0.255. The molecular weight excluding hydrogens is 371 g/mol. The first-order valence-corrected chi connectivity index (χ1v) is 7.95. The van der Waals surface area contributed by atoms with Crippen LogP contribution in [0.5, 0.6) is 0 Å². The van der Waals surface area contributed by atoms with Crippen molar-refractivity contribution in [3.63, 3.8) is 0 Å². The van der Waals surface area contributed by atoms with Gasteiger partial charge in [0, 0.05) is 10.8 Å². The molecule has 3 rings (SSSR count). The van der Waals surface area contributed by atoms with E-state index in [-0.39, 0.29) is 11.9 Å². The SMILES string of the molecule is COC(=O)/C(=C\I)C1c2ccccc2-c2sccc21. The molecule has 2 aromatic rings. The molecule has 1 unspecified atom stereocenters. The summed E-state index contributed by atoms with van der Waals surface area (Å²) in [4.78, 5) is 13.2. The lowest BCUT2D eigenvalue weighted by Gasteiger charge is -2.14. The van der Waals surface area contributed by atoms with Crippen molar-refractivity contribution in [2.75, 3.05) is 7.11 Å². The lowest BCUT2D eigenvalue weighted by molar-refractivity contribution is -0.136. The maximum absolute atomic E-state index is 12.0. The zero-order valence-corrected chi connectivity index (χ0v) is 13.2. The summed E-state index contributed by atoms with van der Waals surface area (Å²) >= 11 is 3.84. The average molecular weight is 382 g/mol. The number of esters is 1. The number of halogens is 1. The van der Waals surface area contributed by atoms with Gasteiger partial charge in [-0.25, -0.2) is 4.79 Å². The van der Waals surface area contributed by atoms with Gasteiger partial charge in [-0.2, -0.15) is 0 Å². The van der Waals surface area contributed by atoms with Gasteiger partial charge < -0.3 is 4.74 Å². The van der Waals surface area contributed by atoms with E-state index in [0.29, 0.717) is 5.57 Å². The summed E-state index contributed by atoms with van der Waals surface area (Å²) in [6.45, 7) is 0. The van der Waals surface area contributed by atoms with Gasteiger partial charge in [0.15, 0.2) is 0 Å². The first-order chi connectivity index (χ1) is 9.27. The standard InChI is InChI=1S/C15H11IO2S/c1-18-15(17)12(8-16)13-9-4-2-3-5-10(9)14-11(13)6-7-19-14/h2-8,13H,1H3/b12-8-. The predicted octanol–water partition coefficient (Wildman–Crippen LogP) is 4.35. The third-order valence-corrected chi connectivity index (χ3v) is 5.01. The van der Waals surface area contributed by atoms with Crippen LogP contribution in [-0.4, -0.2) is 13.1 Å². The van der Waals surface area contributed by atoms with Crippen LogP contribution < -0.4 is 0 Å². The normalized spacial score (nSPS) is 16.9. The number of carbonyl (C=O) groups excluding carboxylic acids is 1. The van der Waals surface area contributed by atoms with Gasteiger partial charge in [-0.3, -0.25) is 0 Å². The van der Waals surface area contributed by atoms with Crippen LogP contribution in [0.2, 0.25) is 0 Å². The minimum atomic E-state index is -0.256. The fourth-order valence-electron chi connectivity index (χ4n) is 2.57. The van der Waals surface area contributed by atoms with Crippen molar-refractivity contribution < 1.29 is 9.53 Å². The average Bonchev–Trinajstić information content (AvgIpc) is 3.02. The van der Waals surface area contributed by atoms with Gasteiger partial charge in [-0.15, -0.1) is 11.3 Å². The van der Waals surface area contributed by atoms with Crippen molar-refractivity contribution in [3.8, 4) is 10.4 Å². The fourth-order valence-corrected chi connectivity index (χ4v) is 4.17. The molecule has 1 aliphatic carbocycles. The summed E-state index contributed by atoms with van der Waals surface area (Å²) in [5.41, 5.74) is 4.34. The van der Waals surface area contributed by atoms with Gasteiger partial charge in [0.05, 0.1) is 12.7 Å². The zero-order chi connectivity index (χ0) is 13.4. The van der Waals surface area contributed by atoms with E-state index in [0.717, 1.165) is 0 Å². The predicted molar refractivity (Wildman–Crippen MR) is 85.7 cm³/mol. The molecule has 0 N–H and O–H groups in total. The Kier molecular flexibility index (Phi) is 3.45. The number of ether oxygens (including phenoxy) is 1. The number of carbonyl (C=O) groups is 1. The Morgan fingerprint density at radius 3 is 2.84 bits per heavy atom. The molecule has 0 fully saturated rings. The van der Waals surface area contributed by atoms with Crippen molar-refractivity contribution in [2.45, 2.75) is 5.92 Å². The van der Waals surface area contributed by atoms with E-state index in [1.165, 1.54) is 28.7 Å². The quantitative estimate of drug-likeness (QED) is 0.439. The monoisotopic (exact) mass is 382 g/mol. The molecule has 0 spiro atoms. The van der Waals surface area contributed by atoms with Crippen LogP contribution in [0.25, 0.3) is 10.4 Å². The van der Waals surface area contributed by atoms with Crippen LogP contribution in [0.1, 0.15) is 17.0 Å². The summed E-state index contributed by atoms with van der Waals surface area (Å²) in [7, 11) is 1.43. The van der Waals surface area contributed by atoms with Gasteiger partial charge in [-0.05, 0) is 32.2 Å². The van der Waals surface area contributed by atoms with Crippen molar-refractivity contribution >= 4 is 39.9 Å². The van der Waals surface area contributed by atoms with Crippen molar-refractivity contribution in [2.24, 2.45) is 0 Å². The lowest BCUT2D eigenvalue weighted by atomic mass is 9.91. The minimum absolute atomic E-state index is 0.00167.